The van der Waals surface area contributed by atoms with Gasteiger partial charge in [-0.1, -0.05) is 30.3 Å². The lowest BCUT2D eigenvalue weighted by Crippen LogP contribution is -2.37. The third kappa shape index (κ3) is 2.54. The van der Waals surface area contributed by atoms with Gasteiger partial charge in [-0.15, -0.1) is 0 Å². The van der Waals surface area contributed by atoms with Crippen molar-refractivity contribution in [2.75, 3.05) is 7.05 Å². The summed E-state index contributed by atoms with van der Waals surface area (Å²) < 4.78 is 24.8. The van der Waals surface area contributed by atoms with E-state index in [0.717, 1.165) is 15.1 Å². The average molecular weight is 291 g/mol. The Bertz CT molecular complexity index is 751. The zero-order chi connectivity index (χ0) is 14.9. The van der Waals surface area contributed by atoms with Gasteiger partial charge < -0.3 is 0 Å². The number of nitrogens with zero attached hydrogens (tertiary/aromatic N) is 1. The fourth-order valence-corrected chi connectivity index (χ4v) is 2.90. The van der Waals surface area contributed by atoms with Gasteiger partial charge in [-0.05, 0) is 36.8 Å². The number of amides is 1. The zero-order valence-corrected chi connectivity index (χ0v) is 12.5. The van der Waals surface area contributed by atoms with Crippen molar-refractivity contribution in [3.05, 3.63) is 48.0 Å². The van der Waals surface area contributed by atoms with Crippen molar-refractivity contribution in [1.82, 2.24) is 4.31 Å². The summed E-state index contributed by atoms with van der Waals surface area (Å²) in [6.07, 6.45) is 0. The Morgan fingerprint density at radius 1 is 1.05 bits per heavy atom. The first kappa shape index (κ1) is 14.5. The first-order valence-electron chi connectivity index (χ1n) is 6.35. The molecule has 0 N–H and O–H groups in total. The molecule has 0 fully saturated rings. The standard InChI is InChI=1S/C15H17NO3S/c1-11(2)20(18,19)16(3)15(17)14-9-8-12-6-4-5-7-13(12)10-14/h4-11H,1-3H3. The van der Waals surface area contributed by atoms with Crippen molar-refractivity contribution >= 4 is 26.7 Å². The molecule has 4 nitrogen and oxygen atoms in total. The zero-order valence-electron chi connectivity index (χ0n) is 11.7. The van der Waals surface area contributed by atoms with Crippen molar-refractivity contribution < 1.29 is 13.2 Å². The van der Waals surface area contributed by atoms with Gasteiger partial charge in [0.05, 0.1) is 5.25 Å². The van der Waals surface area contributed by atoms with E-state index in [1.54, 1.807) is 26.0 Å². The lowest BCUT2D eigenvalue weighted by atomic mass is 10.1. The van der Waals surface area contributed by atoms with E-state index < -0.39 is 21.2 Å². The Morgan fingerprint density at radius 3 is 2.25 bits per heavy atom. The van der Waals surface area contributed by atoms with E-state index in [2.05, 4.69) is 0 Å². The smallest absolute Gasteiger partial charge is 0.267 e. The maximum Gasteiger partial charge on any atom is 0.267 e. The Labute approximate surface area is 119 Å². The molecule has 106 valence electrons. The fraction of sp³-hybridized carbons (Fsp3) is 0.267. The van der Waals surface area contributed by atoms with Crippen molar-refractivity contribution in [3.63, 3.8) is 0 Å². The van der Waals surface area contributed by atoms with E-state index in [9.17, 15) is 13.2 Å². The van der Waals surface area contributed by atoms with Crippen LogP contribution in [0.5, 0.6) is 0 Å². The Hall–Kier alpha value is -1.88. The second-order valence-corrected chi connectivity index (χ2v) is 7.45. The molecule has 0 radical (unpaired) electrons. The largest absolute Gasteiger partial charge is 0.268 e. The molecule has 0 aliphatic rings. The summed E-state index contributed by atoms with van der Waals surface area (Å²) in [5.74, 6) is -0.510. The number of carbonyl (C=O) groups is 1. The summed E-state index contributed by atoms with van der Waals surface area (Å²) in [5, 5.41) is 1.30. The summed E-state index contributed by atoms with van der Waals surface area (Å²) in [7, 11) is -2.30. The molecule has 2 aromatic carbocycles. The Balaban J connectivity index is 2.41. The lowest BCUT2D eigenvalue weighted by Gasteiger charge is -2.20. The van der Waals surface area contributed by atoms with E-state index in [1.165, 1.54) is 7.05 Å². The minimum atomic E-state index is -3.59. The first-order valence-corrected chi connectivity index (χ1v) is 7.85. The fourth-order valence-electron chi connectivity index (χ4n) is 1.94. The molecule has 0 spiro atoms. The lowest BCUT2D eigenvalue weighted by molar-refractivity contribution is 0.0882. The maximum absolute atomic E-state index is 12.3. The molecule has 0 saturated heterocycles. The number of fused-ring (bicyclic) bond motifs is 1. The van der Waals surface area contributed by atoms with Crippen LogP contribution >= 0.6 is 0 Å². The molecule has 0 unspecified atom stereocenters. The molecule has 0 aromatic heterocycles. The molecule has 2 rings (SSSR count). The third-order valence-electron chi connectivity index (χ3n) is 3.26. The van der Waals surface area contributed by atoms with Crippen LogP contribution in [-0.2, 0) is 10.0 Å². The van der Waals surface area contributed by atoms with Gasteiger partial charge in [0.25, 0.3) is 5.91 Å². The van der Waals surface area contributed by atoms with E-state index in [0.29, 0.717) is 5.56 Å². The Morgan fingerprint density at radius 2 is 1.65 bits per heavy atom. The van der Waals surface area contributed by atoms with Crippen LogP contribution < -0.4 is 0 Å². The number of hydrogen-bond acceptors (Lipinski definition) is 3. The van der Waals surface area contributed by atoms with Crippen molar-refractivity contribution in [1.29, 1.82) is 0 Å². The summed E-state index contributed by atoms with van der Waals surface area (Å²) in [6, 6.07) is 12.8. The number of sulfonamides is 1. The second kappa shape index (κ2) is 5.25. The van der Waals surface area contributed by atoms with E-state index in [-0.39, 0.29) is 0 Å². The van der Waals surface area contributed by atoms with Gasteiger partial charge in [-0.25, -0.2) is 12.7 Å². The molecule has 0 heterocycles. The third-order valence-corrected chi connectivity index (χ3v) is 5.38. The molecule has 0 aliphatic carbocycles. The molecule has 0 atom stereocenters. The van der Waals surface area contributed by atoms with Crippen LogP contribution in [0, 0.1) is 0 Å². The van der Waals surface area contributed by atoms with Crippen LogP contribution in [0.25, 0.3) is 10.8 Å². The molecule has 5 heteroatoms. The highest BCUT2D eigenvalue weighted by Gasteiger charge is 2.27. The van der Waals surface area contributed by atoms with Crippen LogP contribution in [-0.4, -0.2) is 30.9 Å². The van der Waals surface area contributed by atoms with E-state index in [4.69, 9.17) is 0 Å². The number of rotatable bonds is 3. The van der Waals surface area contributed by atoms with Gasteiger partial charge in [0.1, 0.15) is 0 Å². The van der Waals surface area contributed by atoms with Gasteiger partial charge in [-0.2, -0.15) is 0 Å². The molecule has 1 amide bonds. The summed E-state index contributed by atoms with van der Waals surface area (Å²) in [4.78, 5) is 12.3. The van der Waals surface area contributed by atoms with Crippen LogP contribution in [0.15, 0.2) is 42.5 Å². The van der Waals surface area contributed by atoms with Gasteiger partial charge in [0.2, 0.25) is 10.0 Å². The molecular weight excluding hydrogens is 274 g/mol. The number of benzene rings is 2. The van der Waals surface area contributed by atoms with Gasteiger partial charge in [0.15, 0.2) is 0 Å². The van der Waals surface area contributed by atoms with Gasteiger partial charge in [0, 0.05) is 12.6 Å². The first-order chi connectivity index (χ1) is 9.34. The quantitative estimate of drug-likeness (QED) is 0.873. The molecule has 0 aliphatic heterocycles. The van der Waals surface area contributed by atoms with Crippen LogP contribution in [0.2, 0.25) is 0 Å². The van der Waals surface area contributed by atoms with E-state index >= 15 is 0 Å². The minimum Gasteiger partial charge on any atom is -0.268 e. The predicted octanol–water partition coefficient (Wildman–Crippen LogP) is 2.65. The number of carbonyl (C=O) groups excluding carboxylic acids is 1. The van der Waals surface area contributed by atoms with Crippen LogP contribution in [0.1, 0.15) is 24.2 Å². The van der Waals surface area contributed by atoms with Crippen LogP contribution in [0.3, 0.4) is 0 Å². The SMILES string of the molecule is CC(C)S(=O)(=O)N(C)C(=O)c1ccc2ccccc2c1. The molecule has 0 saturated carbocycles. The summed E-state index contributed by atoms with van der Waals surface area (Å²) in [6.45, 7) is 3.11. The van der Waals surface area contributed by atoms with Crippen molar-refractivity contribution in [2.45, 2.75) is 19.1 Å². The topological polar surface area (TPSA) is 54.5 Å². The van der Waals surface area contributed by atoms with Crippen molar-refractivity contribution in [2.24, 2.45) is 0 Å². The minimum absolute atomic E-state index is 0.371. The van der Waals surface area contributed by atoms with Gasteiger partial charge >= 0.3 is 0 Å². The normalized spacial score (nSPS) is 11.8. The highest BCUT2D eigenvalue weighted by atomic mass is 32.2. The monoisotopic (exact) mass is 291 g/mol. The molecular formula is C15H17NO3S. The summed E-state index contributed by atoms with van der Waals surface area (Å²) >= 11 is 0. The maximum atomic E-state index is 12.3. The second-order valence-electron chi connectivity index (χ2n) is 4.93. The van der Waals surface area contributed by atoms with Crippen LogP contribution in [0.4, 0.5) is 0 Å². The summed E-state index contributed by atoms with van der Waals surface area (Å²) in [5.41, 5.74) is 0.371. The highest BCUT2D eigenvalue weighted by molar-refractivity contribution is 7.90. The highest BCUT2D eigenvalue weighted by Crippen LogP contribution is 2.18. The molecule has 0 bridgehead atoms. The van der Waals surface area contributed by atoms with Crippen molar-refractivity contribution in [3.8, 4) is 0 Å². The molecule has 2 aromatic rings. The average Bonchev–Trinajstić information content (AvgIpc) is 2.44. The molecule has 20 heavy (non-hydrogen) atoms. The van der Waals surface area contributed by atoms with E-state index in [1.807, 2.05) is 30.3 Å². The number of hydrogen-bond donors (Lipinski definition) is 0. The predicted molar refractivity (Wildman–Crippen MR) is 80.1 cm³/mol. The van der Waals surface area contributed by atoms with Gasteiger partial charge in [-0.3, -0.25) is 4.79 Å². The Kier molecular flexibility index (Phi) is 3.81.